The Labute approximate surface area is 93.4 Å². The monoisotopic (exact) mass is 152 g/mol. The van der Waals surface area contributed by atoms with E-state index in [0.717, 1.165) is 49.0 Å². The zero-order valence-electron chi connectivity index (χ0n) is 7.71. The molecule has 0 aromatic carbocycles. The Hall–Kier alpha value is 1.64. The molecule has 0 N–H and O–H groups in total. The predicted octanol–water partition coefficient (Wildman–Crippen LogP) is 2.79. The van der Waals surface area contributed by atoms with E-state index in [9.17, 15) is 0 Å². The second-order valence-corrected chi connectivity index (χ2v) is 9.53. The molecule has 0 saturated heterocycles. The number of rotatable bonds is 1. The summed E-state index contributed by atoms with van der Waals surface area (Å²) in [5.74, 6) is 0. The van der Waals surface area contributed by atoms with E-state index in [1.54, 1.807) is 0 Å². The first-order valence-electron chi connectivity index (χ1n) is 3.71. The minimum absolute atomic E-state index is 0.531. The molecule has 0 radical (unpaired) electrons. The van der Waals surface area contributed by atoms with Gasteiger partial charge in [-0.2, -0.15) is 0 Å². The van der Waals surface area contributed by atoms with Gasteiger partial charge in [-0.25, -0.2) is 0 Å². The summed E-state index contributed by atoms with van der Waals surface area (Å²) in [6.45, 7) is 11.7. The summed E-state index contributed by atoms with van der Waals surface area (Å²) in [7, 11) is 0. The summed E-state index contributed by atoms with van der Waals surface area (Å²) in [4.78, 5) is 0. The summed E-state index contributed by atoms with van der Waals surface area (Å²) in [6.07, 6.45) is 1.38. The second-order valence-electron chi connectivity index (χ2n) is 5.30. The molecule has 0 aromatic rings. The summed E-state index contributed by atoms with van der Waals surface area (Å²) in [5, 5.41) is 0. The van der Waals surface area contributed by atoms with Crippen LogP contribution < -0.4 is 0 Å². The summed E-state index contributed by atoms with van der Waals surface area (Å²) >= 11 is 0.966. The Morgan fingerprint density at radius 2 is 1.33 bits per heavy atom. The van der Waals surface area contributed by atoms with Crippen LogP contribution in [-0.4, -0.2) is 49.0 Å². The third-order valence-electron chi connectivity index (χ3n) is 1.06. The van der Waals surface area contributed by atoms with Crippen LogP contribution in [0.5, 0.6) is 0 Å². The van der Waals surface area contributed by atoms with Gasteiger partial charge in [0.25, 0.3) is 0 Å². The average Bonchev–Trinajstić information content (AvgIpc) is 1.14. The van der Waals surface area contributed by atoms with Crippen molar-refractivity contribution in [2.45, 2.75) is 40.5 Å². The molecule has 0 nitrogen and oxygen atoms in total. The van der Waals surface area contributed by atoms with Crippen LogP contribution in [0.3, 0.4) is 0 Å². The first-order valence-corrected chi connectivity index (χ1v) is 5.27. The summed E-state index contributed by atoms with van der Waals surface area (Å²) in [5.41, 5.74) is 0.531. The maximum atomic E-state index is 2.37. The number of hydrogen-bond donors (Lipinski definition) is 0. The fourth-order valence-corrected chi connectivity index (χ4v) is 3.25. The Morgan fingerprint density at radius 1 is 1.00 bits per heavy atom. The predicted molar refractivity (Wildman–Crippen MR) is 43.9 cm³/mol. The zero-order valence-corrected chi connectivity index (χ0v) is 10.8. The molecule has 0 aliphatic carbocycles. The average molecular weight is 152 g/mol. The standard InChI is InChI=1S/C8H17.K/c1-7(2)6-8(3,4)5;/h6H2,1-5H3;. The topological polar surface area (TPSA) is 0 Å². The first-order chi connectivity index (χ1) is 3.71. The molecule has 9 heavy (non-hydrogen) atoms. The van der Waals surface area contributed by atoms with Gasteiger partial charge in [-0.3, -0.25) is 0 Å². The van der Waals surface area contributed by atoms with Crippen molar-refractivity contribution < 1.29 is 0 Å². The van der Waals surface area contributed by atoms with E-state index in [-0.39, 0.29) is 0 Å². The summed E-state index contributed by atoms with van der Waals surface area (Å²) in [6, 6.07) is 0. The molecule has 0 spiro atoms. The van der Waals surface area contributed by atoms with Gasteiger partial charge in [0.05, 0.1) is 0 Å². The van der Waals surface area contributed by atoms with Crippen molar-refractivity contribution in [3.05, 3.63) is 0 Å². The van der Waals surface area contributed by atoms with Crippen molar-refractivity contribution in [2.75, 3.05) is 0 Å². The van der Waals surface area contributed by atoms with E-state index in [1.807, 2.05) is 0 Å². The van der Waals surface area contributed by atoms with Crippen LogP contribution in [0.15, 0.2) is 0 Å². The van der Waals surface area contributed by atoms with Crippen molar-refractivity contribution in [3.8, 4) is 0 Å². The normalized spacial score (nSPS) is 14.1. The third-order valence-corrected chi connectivity index (χ3v) is 1.61. The van der Waals surface area contributed by atoms with Crippen LogP contribution in [0.4, 0.5) is 0 Å². The van der Waals surface area contributed by atoms with Crippen molar-refractivity contribution in [2.24, 2.45) is 5.41 Å². The molecule has 0 atom stereocenters. The molecule has 50 valence electrons. The quantitative estimate of drug-likeness (QED) is 0.507. The molecule has 0 unspecified atom stereocenters. The van der Waals surface area contributed by atoms with Crippen LogP contribution in [0.1, 0.15) is 41.0 Å². The van der Waals surface area contributed by atoms with E-state index >= 15 is 0 Å². The molecule has 0 fully saturated rings. The van der Waals surface area contributed by atoms with Crippen molar-refractivity contribution in [1.82, 2.24) is 0 Å². The SMILES string of the molecule is CC(C)(C)C[C](C)(C)[K]. The van der Waals surface area contributed by atoms with Gasteiger partial charge in [0.2, 0.25) is 0 Å². The van der Waals surface area contributed by atoms with Gasteiger partial charge >= 0.3 is 94.9 Å². The van der Waals surface area contributed by atoms with Gasteiger partial charge in [-0.15, -0.1) is 0 Å². The summed E-state index contributed by atoms with van der Waals surface area (Å²) < 4.78 is 0.672. The van der Waals surface area contributed by atoms with Crippen molar-refractivity contribution in [1.29, 1.82) is 0 Å². The first kappa shape index (κ1) is 10.6. The molecule has 0 amide bonds. The van der Waals surface area contributed by atoms with Crippen LogP contribution in [-0.2, 0) is 0 Å². The van der Waals surface area contributed by atoms with Crippen molar-refractivity contribution in [3.63, 3.8) is 0 Å². The van der Waals surface area contributed by atoms with Crippen LogP contribution in [0, 0.1) is 5.41 Å². The molecule has 1 heteroatoms. The van der Waals surface area contributed by atoms with E-state index in [1.165, 1.54) is 6.42 Å². The molecular formula is C8H17K. The van der Waals surface area contributed by atoms with Gasteiger partial charge in [0.15, 0.2) is 0 Å². The van der Waals surface area contributed by atoms with Crippen LogP contribution in [0.2, 0.25) is -0.490 Å². The molecule has 0 bridgehead atoms. The van der Waals surface area contributed by atoms with E-state index in [0.29, 0.717) is 4.92 Å². The maximum absolute atomic E-state index is 2.37. The molecule has 0 aliphatic heterocycles. The zero-order chi connectivity index (χ0) is 7.71. The van der Waals surface area contributed by atoms with Crippen molar-refractivity contribution >= 4 is 49.0 Å². The fraction of sp³-hybridized carbons (Fsp3) is 1.00. The number of hydrogen-bond acceptors (Lipinski definition) is 0. The molecule has 0 aromatic heterocycles. The third kappa shape index (κ3) is 9.64. The molecule has 0 saturated carbocycles. The van der Waals surface area contributed by atoms with Crippen LogP contribution >= 0.6 is 0 Å². The van der Waals surface area contributed by atoms with Gasteiger partial charge in [0, 0.05) is 0 Å². The Bertz CT molecular complexity index is 69.7. The van der Waals surface area contributed by atoms with E-state index in [4.69, 9.17) is 0 Å². The minimum atomic E-state index is 0.531. The fourth-order valence-electron chi connectivity index (χ4n) is 1.59. The molecular weight excluding hydrogens is 135 g/mol. The Kier molecular flexibility index (Phi) is 3.97. The molecule has 0 heterocycles. The van der Waals surface area contributed by atoms with Gasteiger partial charge < -0.3 is 0 Å². The Balaban J connectivity index is 3.75. The molecule has 0 aliphatic rings. The van der Waals surface area contributed by atoms with Gasteiger partial charge in [0.1, 0.15) is 0 Å². The van der Waals surface area contributed by atoms with Gasteiger partial charge in [-0.05, 0) is 0 Å². The Morgan fingerprint density at radius 3 is 1.33 bits per heavy atom. The molecule has 0 rings (SSSR count). The van der Waals surface area contributed by atoms with E-state index < -0.39 is 0 Å². The van der Waals surface area contributed by atoms with Crippen LogP contribution in [0.25, 0.3) is 0 Å². The van der Waals surface area contributed by atoms with E-state index in [2.05, 4.69) is 34.6 Å². The van der Waals surface area contributed by atoms with Gasteiger partial charge in [-0.1, -0.05) is 0 Å². The second kappa shape index (κ2) is 3.36.